The van der Waals surface area contributed by atoms with E-state index in [1.54, 1.807) is 0 Å². The zero-order valence-electron chi connectivity index (χ0n) is 6.78. The van der Waals surface area contributed by atoms with Gasteiger partial charge in [0.05, 0.1) is 11.0 Å². The van der Waals surface area contributed by atoms with E-state index in [0.29, 0.717) is 0 Å². The molecule has 6 nitrogen and oxygen atoms in total. The first-order chi connectivity index (χ1) is 6.43. The van der Waals surface area contributed by atoms with E-state index in [1.807, 2.05) is 0 Å². The molecule has 0 bridgehead atoms. The van der Waals surface area contributed by atoms with Gasteiger partial charge in [-0.3, -0.25) is 10.1 Å². The molecular formula is C6H6F2N4O2. The summed E-state index contributed by atoms with van der Waals surface area (Å²) >= 11 is 0. The van der Waals surface area contributed by atoms with Gasteiger partial charge in [0, 0.05) is 0 Å². The number of pyridine rings is 1. The highest BCUT2D eigenvalue weighted by molar-refractivity contribution is 5.59. The number of nitro groups is 1. The average molecular weight is 204 g/mol. The Bertz CT molecular complexity index is 382. The van der Waals surface area contributed by atoms with Crippen molar-refractivity contribution in [2.75, 3.05) is 11.5 Å². The van der Waals surface area contributed by atoms with Crippen LogP contribution in [0.15, 0.2) is 6.07 Å². The van der Waals surface area contributed by atoms with Crippen molar-refractivity contribution in [3.05, 3.63) is 21.7 Å². The minimum absolute atomic E-state index is 0.265. The van der Waals surface area contributed by atoms with E-state index in [1.165, 1.54) is 0 Å². The Morgan fingerprint density at radius 3 is 2.50 bits per heavy atom. The number of halogens is 2. The first-order valence-corrected chi connectivity index (χ1v) is 3.42. The summed E-state index contributed by atoms with van der Waals surface area (Å²) in [7, 11) is 0. The van der Waals surface area contributed by atoms with Crippen molar-refractivity contribution in [1.29, 1.82) is 0 Å². The summed E-state index contributed by atoms with van der Waals surface area (Å²) in [6, 6.07) is 0.748. The van der Waals surface area contributed by atoms with Crippen LogP contribution in [-0.4, -0.2) is 9.91 Å². The van der Waals surface area contributed by atoms with Crippen molar-refractivity contribution in [3.8, 4) is 0 Å². The molecular weight excluding hydrogens is 198 g/mol. The molecule has 1 aromatic heterocycles. The Labute approximate surface area is 76.7 Å². The van der Waals surface area contributed by atoms with Gasteiger partial charge in [-0.05, 0) is 0 Å². The third-order valence-corrected chi connectivity index (χ3v) is 1.50. The van der Waals surface area contributed by atoms with E-state index in [0.717, 1.165) is 6.07 Å². The summed E-state index contributed by atoms with van der Waals surface area (Å²) in [6.45, 7) is 0. The summed E-state index contributed by atoms with van der Waals surface area (Å²) in [5.74, 6) is -0.884. The van der Waals surface area contributed by atoms with Gasteiger partial charge in [0.2, 0.25) is 0 Å². The maximum Gasteiger partial charge on any atom is 0.285 e. The Hall–Kier alpha value is -1.99. The van der Waals surface area contributed by atoms with Gasteiger partial charge < -0.3 is 11.5 Å². The van der Waals surface area contributed by atoms with Crippen molar-refractivity contribution in [2.24, 2.45) is 0 Å². The van der Waals surface area contributed by atoms with Crippen LogP contribution in [0.25, 0.3) is 0 Å². The number of nitrogens with zero attached hydrogens (tertiary/aromatic N) is 2. The average Bonchev–Trinajstić information content (AvgIpc) is 2.01. The Morgan fingerprint density at radius 2 is 2.07 bits per heavy atom. The molecule has 1 heterocycles. The summed E-state index contributed by atoms with van der Waals surface area (Å²) in [5, 5.41) is 10.4. The predicted octanol–water partition coefficient (Wildman–Crippen LogP) is 1.09. The lowest BCUT2D eigenvalue weighted by molar-refractivity contribution is -0.386. The van der Waals surface area contributed by atoms with Crippen molar-refractivity contribution in [1.82, 2.24) is 4.98 Å². The van der Waals surface area contributed by atoms with Crippen LogP contribution in [0.5, 0.6) is 0 Å². The van der Waals surface area contributed by atoms with Gasteiger partial charge in [-0.1, -0.05) is 0 Å². The Kier molecular flexibility index (Phi) is 2.45. The van der Waals surface area contributed by atoms with Crippen LogP contribution >= 0.6 is 0 Å². The molecule has 0 spiro atoms. The Balaban J connectivity index is 3.44. The van der Waals surface area contributed by atoms with Crippen molar-refractivity contribution >= 4 is 17.3 Å². The molecule has 0 aromatic carbocycles. The molecule has 8 heteroatoms. The SMILES string of the molecule is Nc1cc([N+](=O)[O-])c(C(F)F)c(N)n1. The van der Waals surface area contributed by atoms with Gasteiger partial charge in [0.1, 0.15) is 17.2 Å². The summed E-state index contributed by atoms with van der Waals surface area (Å²) < 4.78 is 24.6. The molecule has 4 N–H and O–H groups in total. The molecule has 0 aliphatic rings. The van der Waals surface area contributed by atoms with Crippen molar-refractivity contribution < 1.29 is 13.7 Å². The highest BCUT2D eigenvalue weighted by Gasteiger charge is 2.26. The lowest BCUT2D eigenvalue weighted by atomic mass is 10.2. The maximum atomic E-state index is 12.3. The molecule has 0 aliphatic carbocycles. The van der Waals surface area contributed by atoms with Gasteiger partial charge in [0.25, 0.3) is 12.1 Å². The molecule has 76 valence electrons. The van der Waals surface area contributed by atoms with E-state index in [4.69, 9.17) is 11.5 Å². The van der Waals surface area contributed by atoms with E-state index in [9.17, 15) is 18.9 Å². The smallest absolute Gasteiger partial charge is 0.285 e. The summed E-state index contributed by atoms with van der Waals surface area (Å²) in [5.41, 5.74) is 8.50. The normalized spacial score (nSPS) is 10.5. The molecule has 0 atom stereocenters. The first kappa shape index (κ1) is 10.1. The quantitative estimate of drug-likeness (QED) is 0.553. The largest absolute Gasteiger partial charge is 0.383 e. The highest BCUT2D eigenvalue weighted by Crippen LogP contribution is 2.33. The molecule has 1 aromatic rings. The highest BCUT2D eigenvalue weighted by atomic mass is 19.3. The second-order valence-corrected chi connectivity index (χ2v) is 2.42. The number of aromatic nitrogens is 1. The fraction of sp³-hybridized carbons (Fsp3) is 0.167. The number of rotatable bonds is 2. The van der Waals surface area contributed by atoms with Crippen LogP contribution in [0.2, 0.25) is 0 Å². The van der Waals surface area contributed by atoms with Crippen molar-refractivity contribution in [2.45, 2.75) is 6.43 Å². The fourth-order valence-corrected chi connectivity index (χ4v) is 0.955. The second kappa shape index (κ2) is 3.40. The summed E-state index contributed by atoms with van der Waals surface area (Å²) in [6.07, 6.45) is -3.05. The molecule has 1 rings (SSSR count). The van der Waals surface area contributed by atoms with Gasteiger partial charge in [-0.25, -0.2) is 13.8 Å². The molecule has 0 aliphatic heterocycles. The van der Waals surface area contributed by atoms with Crippen LogP contribution in [0.3, 0.4) is 0 Å². The van der Waals surface area contributed by atoms with E-state index in [-0.39, 0.29) is 5.82 Å². The third kappa shape index (κ3) is 1.68. The van der Waals surface area contributed by atoms with Crippen LogP contribution in [0.4, 0.5) is 26.1 Å². The zero-order valence-corrected chi connectivity index (χ0v) is 6.78. The van der Waals surface area contributed by atoms with Gasteiger partial charge >= 0.3 is 0 Å². The number of nitrogen functional groups attached to an aromatic ring is 2. The zero-order chi connectivity index (χ0) is 10.9. The minimum Gasteiger partial charge on any atom is -0.383 e. The second-order valence-electron chi connectivity index (χ2n) is 2.42. The number of nitrogens with two attached hydrogens (primary N) is 2. The van der Waals surface area contributed by atoms with E-state index in [2.05, 4.69) is 4.98 Å². The topological polar surface area (TPSA) is 108 Å². The third-order valence-electron chi connectivity index (χ3n) is 1.50. The molecule has 0 radical (unpaired) electrons. The number of hydrogen-bond donors (Lipinski definition) is 2. The number of anilines is 2. The molecule has 0 amide bonds. The standard InChI is InChI=1S/C6H6F2N4O2/c7-5(8)4-2(12(13)14)1-3(9)11-6(4)10/h1,5H,(H4,9,10,11). The monoisotopic (exact) mass is 204 g/mol. The number of alkyl halides is 2. The van der Waals surface area contributed by atoms with E-state index >= 15 is 0 Å². The van der Waals surface area contributed by atoms with Crippen LogP contribution in [0, 0.1) is 10.1 Å². The Morgan fingerprint density at radius 1 is 1.50 bits per heavy atom. The lowest BCUT2D eigenvalue weighted by Gasteiger charge is -2.05. The molecule has 0 fully saturated rings. The fourth-order valence-electron chi connectivity index (χ4n) is 0.955. The van der Waals surface area contributed by atoms with E-state index < -0.39 is 28.4 Å². The molecule has 0 saturated heterocycles. The first-order valence-electron chi connectivity index (χ1n) is 3.42. The van der Waals surface area contributed by atoms with Crippen molar-refractivity contribution in [3.63, 3.8) is 0 Å². The van der Waals surface area contributed by atoms with Crippen LogP contribution in [0.1, 0.15) is 12.0 Å². The van der Waals surface area contributed by atoms with Gasteiger partial charge in [0.15, 0.2) is 0 Å². The van der Waals surface area contributed by atoms with Gasteiger partial charge in [-0.2, -0.15) is 0 Å². The molecule has 0 saturated carbocycles. The molecule has 14 heavy (non-hydrogen) atoms. The van der Waals surface area contributed by atoms with Crippen LogP contribution in [-0.2, 0) is 0 Å². The summed E-state index contributed by atoms with van der Waals surface area (Å²) in [4.78, 5) is 12.7. The van der Waals surface area contributed by atoms with Crippen LogP contribution < -0.4 is 11.5 Å². The predicted molar refractivity (Wildman–Crippen MR) is 44.7 cm³/mol. The lowest BCUT2D eigenvalue weighted by Crippen LogP contribution is -2.05. The minimum atomic E-state index is -3.05. The molecule has 0 unspecified atom stereocenters. The number of hydrogen-bond acceptors (Lipinski definition) is 5. The van der Waals surface area contributed by atoms with Gasteiger partial charge in [-0.15, -0.1) is 0 Å². The maximum absolute atomic E-state index is 12.3.